The molecule has 2 atom stereocenters. The van der Waals surface area contributed by atoms with Gasteiger partial charge >= 0.3 is 5.97 Å². The number of rotatable bonds is 5. The van der Waals surface area contributed by atoms with Crippen molar-refractivity contribution in [3.8, 4) is 0 Å². The minimum absolute atomic E-state index is 0.0148. The fraction of sp³-hybridized carbons (Fsp3) is 0.129. The van der Waals surface area contributed by atoms with Crippen molar-refractivity contribution >= 4 is 28.9 Å². The molecule has 4 aromatic carbocycles. The van der Waals surface area contributed by atoms with Crippen molar-refractivity contribution in [2.75, 3.05) is 4.90 Å². The van der Waals surface area contributed by atoms with Crippen LogP contribution in [0, 0.1) is 5.92 Å². The second-order valence-corrected chi connectivity index (χ2v) is 9.35. The number of fused-ring (bicyclic) bond motifs is 2. The second-order valence-electron chi connectivity index (χ2n) is 9.35. The van der Waals surface area contributed by atoms with Crippen molar-refractivity contribution in [2.24, 2.45) is 5.92 Å². The molecule has 36 heavy (non-hydrogen) atoms. The van der Waals surface area contributed by atoms with Crippen molar-refractivity contribution in [3.05, 3.63) is 130 Å². The minimum atomic E-state index is -1.11. The predicted octanol–water partition coefficient (Wildman–Crippen LogP) is 6.06. The van der Waals surface area contributed by atoms with Crippen LogP contribution in [-0.2, 0) is 12.8 Å². The van der Waals surface area contributed by atoms with Crippen LogP contribution in [0.4, 0.5) is 11.4 Å². The minimum Gasteiger partial charge on any atom is -0.478 e. The number of ketones is 2. The van der Waals surface area contributed by atoms with Gasteiger partial charge in [-0.3, -0.25) is 9.59 Å². The number of carbonyl (C=O) groups is 3. The normalized spacial score (nSPS) is 18.3. The Morgan fingerprint density at radius 1 is 0.806 bits per heavy atom. The van der Waals surface area contributed by atoms with E-state index in [1.54, 1.807) is 0 Å². The number of carbonyl (C=O) groups excluding carboxylic acids is 2. The Kier molecular flexibility index (Phi) is 5.26. The Labute approximate surface area is 208 Å². The summed E-state index contributed by atoms with van der Waals surface area (Å²) in [6.07, 6.45) is 1.11. The Morgan fingerprint density at radius 3 is 2.22 bits per heavy atom. The molecule has 1 aliphatic heterocycles. The van der Waals surface area contributed by atoms with Gasteiger partial charge in [-0.2, -0.15) is 0 Å². The Hall–Kier alpha value is -4.51. The van der Waals surface area contributed by atoms with Crippen LogP contribution in [0.15, 0.2) is 97.1 Å². The number of aromatic carboxylic acids is 1. The number of nitrogens with zero attached hydrogens (tertiary/aromatic N) is 1. The molecule has 0 fully saturated rings. The third kappa shape index (κ3) is 3.60. The van der Waals surface area contributed by atoms with E-state index in [4.69, 9.17) is 0 Å². The maximum atomic E-state index is 13.1. The highest BCUT2D eigenvalue weighted by atomic mass is 16.4. The molecule has 0 amide bonds. The SMILES string of the molecule is O=C(O)c1ccc2c(c1)C(=O)C(Cc1ccc3c(c1)CC(c1ccccc1)N3c1ccccc1)C2=O. The molecule has 5 heteroatoms. The van der Waals surface area contributed by atoms with Crippen molar-refractivity contribution in [3.63, 3.8) is 0 Å². The van der Waals surface area contributed by atoms with E-state index in [1.165, 1.54) is 29.3 Å². The van der Waals surface area contributed by atoms with Crippen LogP contribution in [0.2, 0.25) is 0 Å². The molecule has 0 aromatic heterocycles. The zero-order chi connectivity index (χ0) is 24.8. The van der Waals surface area contributed by atoms with Gasteiger partial charge in [0.15, 0.2) is 11.6 Å². The number of para-hydroxylation sites is 1. The maximum absolute atomic E-state index is 13.1. The maximum Gasteiger partial charge on any atom is 0.335 e. The van der Waals surface area contributed by atoms with E-state index < -0.39 is 11.9 Å². The van der Waals surface area contributed by atoms with Gasteiger partial charge in [0, 0.05) is 22.5 Å². The first-order chi connectivity index (χ1) is 17.5. The summed E-state index contributed by atoms with van der Waals surface area (Å²) in [5, 5.41) is 9.27. The smallest absolute Gasteiger partial charge is 0.335 e. The van der Waals surface area contributed by atoms with E-state index in [9.17, 15) is 19.5 Å². The number of Topliss-reactive ketones (excluding diaryl/α,β-unsaturated/α-hetero) is 2. The zero-order valence-electron chi connectivity index (χ0n) is 19.4. The lowest BCUT2D eigenvalue weighted by Crippen LogP contribution is -2.19. The fourth-order valence-electron chi connectivity index (χ4n) is 5.49. The van der Waals surface area contributed by atoms with Crippen LogP contribution in [0.5, 0.6) is 0 Å². The molecule has 0 saturated heterocycles. The molecule has 2 unspecified atom stereocenters. The van der Waals surface area contributed by atoms with Crippen molar-refractivity contribution in [1.82, 2.24) is 0 Å². The summed E-state index contributed by atoms with van der Waals surface area (Å²) in [6, 6.07) is 31.2. The van der Waals surface area contributed by atoms with Crippen LogP contribution < -0.4 is 4.90 Å². The number of carboxylic acid groups (broad SMARTS) is 1. The molecule has 6 rings (SSSR count). The first-order valence-corrected chi connectivity index (χ1v) is 12.0. The number of carboxylic acids is 1. The number of anilines is 2. The summed E-state index contributed by atoms with van der Waals surface area (Å²) in [5.41, 5.74) is 6.11. The average Bonchev–Trinajstić information content (AvgIpc) is 3.40. The van der Waals surface area contributed by atoms with E-state index in [2.05, 4.69) is 53.4 Å². The summed E-state index contributed by atoms with van der Waals surface area (Å²) in [5.74, 6) is -2.47. The van der Waals surface area contributed by atoms with E-state index in [0.717, 1.165) is 23.4 Å². The highest BCUT2D eigenvalue weighted by Gasteiger charge is 2.39. The Bertz CT molecular complexity index is 1510. The topological polar surface area (TPSA) is 74.7 Å². The van der Waals surface area contributed by atoms with Gasteiger partial charge in [0.05, 0.1) is 17.5 Å². The Balaban J connectivity index is 1.32. The van der Waals surface area contributed by atoms with Gasteiger partial charge < -0.3 is 10.0 Å². The molecule has 1 aliphatic carbocycles. The molecule has 0 bridgehead atoms. The molecule has 0 spiro atoms. The second kappa shape index (κ2) is 8.61. The van der Waals surface area contributed by atoms with Gasteiger partial charge in [0.25, 0.3) is 0 Å². The summed E-state index contributed by atoms with van der Waals surface area (Å²) in [7, 11) is 0. The van der Waals surface area contributed by atoms with E-state index in [0.29, 0.717) is 12.0 Å². The lowest BCUT2D eigenvalue weighted by atomic mass is 9.93. The number of hydrogen-bond acceptors (Lipinski definition) is 4. The van der Waals surface area contributed by atoms with Crippen LogP contribution in [0.1, 0.15) is 53.8 Å². The lowest BCUT2D eigenvalue weighted by Gasteiger charge is -2.28. The van der Waals surface area contributed by atoms with Crippen LogP contribution in [0.25, 0.3) is 0 Å². The molecule has 5 nitrogen and oxygen atoms in total. The average molecular weight is 474 g/mol. The van der Waals surface area contributed by atoms with Gasteiger partial charge in [0.1, 0.15) is 0 Å². The molecule has 1 N–H and O–H groups in total. The van der Waals surface area contributed by atoms with Crippen LogP contribution >= 0.6 is 0 Å². The first-order valence-electron chi connectivity index (χ1n) is 12.0. The molecular weight excluding hydrogens is 450 g/mol. The number of hydrogen-bond donors (Lipinski definition) is 1. The number of benzene rings is 4. The Morgan fingerprint density at radius 2 is 1.50 bits per heavy atom. The zero-order valence-corrected chi connectivity index (χ0v) is 19.4. The molecule has 176 valence electrons. The predicted molar refractivity (Wildman–Crippen MR) is 137 cm³/mol. The monoisotopic (exact) mass is 473 g/mol. The van der Waals surface area contributed by atoms with Gasteiger partial charge in [-0.05, 0) is 65.9 Å². The first kappa shape index (κ1) is 22.0. The van der Waals surface area contributed by atoms with Gasteiger partial charge in [0.2, 0.25) is 0 Å². The van der Waals surface area contributed by atoms with Gasteiger partial charge in [-0.1, -0.05) is 60.7 Å². The van der Waals surface area contributed by atoms with Crippen LogP contribution in [-0.4, -0.2) is 22.6 Å². The molecule has 1 heterocycles. The standard InChI is InChI=1S/C31H23NO4/c33-29-24-13-12-21(31(35)36)17-25(24)30(34)26(29)16-19-11-14-27-22(15-19)18-28(20-7-3-1-4-8-20)32(27)23-9-5-2-6-10-23/h1-15,17,26,28H,16,18H2,(H,35,36). The summed E-state index contributed by atoms with van der Waals surface area (Å²) < 4.78 is 0. The summed E-state index contributed by atoms with van der Waals surface area (Å²) in [4.78, 5) is 39.8. The summed E-state index contributed by atoms with van der Waals surface area (Å²) >= 11 is 0. The van der Waals surface area contributed by atoms with Crippen molar-refractivity contribution < 1.29 is 19.5 Å². The third-order valence-corrected chi connectivity index (χ3v) is 7.22. The summed E-state index contributed by atoms with van der Waals surface area (Å²) in [6.45, 7) is 0. The molecule has 0 saturated carbocycles. The highest BCUT2D eigenvalue weighted by molar-refractivity contribution is 6.27. The third-order valence-electron chi connectivity index (χ3n) is 7.22. The van der Waals surface area contributed by atoms with Crippen LogP contribution in [0.3, 0.4) is 0 Å². The van der Waals surface area contributed by atoms with Crippen molar-refractivity contribution in [1.29, 1.82) is 0 Å². The molecule has 2 aliphatic rings. The molecule has 0 radical (unpaired) electrons. The van der Waals surface area contributed by atoms with E-state index in [1.807, 2.05) is 30.3 Å². The van der Waals surface area contributed by atoms with E-state index in [-0.39, 0.29) is 28.7 Å². The largest absolute Gasteiger partial charge is 0.478 e. The van der Waals surface area contributed by atoms with Gasteiger partial charge in [-0.25, -0.2) is 4.79 Å². The molecular formula is C31H23NO4. The fourth-order valence-corrected chi connectivity index (χ4v) is 5.49. The van der Waals surface area contributed by atoms with Crippen molar-refractivity contribution in [2.45, 2.75) is 18.9 Å². The van der Waals surface area contributed by atoms with E-state index >= 15 is 0 Å². The molecule has 4 aromatic rings. The van der Waals surface area contributed by atoms with Gasteiger partial charge in [-0.15, -0.1) is 0 Å². The highest BCUT2D eigenvalue weighted by Crippen LogP contribution is 2.46. The lowest BCUT2D eigenvalue weighted by molar-refractivity contribution is 0.0696. The quantitative estimate of drug-likeness (QED) is 0.357.